The number of hydrogen-bond acceptors (Lipinski definition) is 8. The lowest BCUT2D eigenvalue weighted by atomic mass is 10.2. The van der Waals surface area contributed by atoms with Gasteiger partial charge in [0.05, 0.1) is 19.8 Å². The Hall–Kier alpha value is -2.12. The first-order chi connectivity index (χ1) is 10.9. The molecule has 0 aliphatic carbocycles. The van der Waals surface area contributed by atoms with Crippen LogP contribution in [-0.2, 0) is 33.3 Å². The van der Waals surface area contributed by atoms with Gasteiger partial charge in [0.15, 0.2) is 6.10 Å². The molecule has 0 aromatic heterocycles. The molecule has 0 heterocycles. The number of Topliss-reactive ketones (excluding diaryl/α,β-unsaturated/α-hetero) is 1. The van der Waals surface area contributed by atoms with E-state index in [1.807, 2.05) is 0 Å². The van der Waals surface area contributed by atoms with Crippen molar-refractivity contribution in [1.29, 1.82) is 0 Å². The van der Waals surface area contributed by atoms with Gasteiger partial charge in [-0.3, -0.25) is 4.79 Å². The molecule has 0 spiro atoms. The van der Waals surface area contributed by atoms with Gasteiger partial charge in [-0.15, -0.1) is 0 Å². The second-order valence-corrected chi connectivity index (χ2v) is 4.74. The molecule has 1 unspecified atom stereocenters. The van der Waals surface area contributed by atoms with E-state index in [2.05, 4.69) is 9.47 Å². The molecule has 0 aromatic carbocycles. The van der Waals surface area contributed by atoms with Gasteiger partial charge in [-0.05, 0) is 33.6 Å². The summed E-state index contributed by atoms with van der Waals surface area (Å²) in [7, 11) is 0. The molecule has 1 atom stereocenters. The molecule has 0 saturated carbocycles. The predicted molar refractivity (Wildman–Crippen MR) is 78.6 cm³/mol. The Morgan fingerprint density at radius 1 is 0.913 bits per heavy atom. The fourth-order valence-electron chi connectivity index (χ4n) is 1.43. The molecular weight excluding hydrogens is 308 g/mol. The van der Waals surface area contributed by atoms with Crippen molar-refractivity contribution in [2.75, 3.05) is 19.8 Å². The van der Waals surface area contributed by atoms with E-state index < -0.39 is 24.2 Å². The van der Waals surface area contributed by atoms with Crippen LogP contribution in [0.25, 0.3) is 0 Å². The topological polar surface area (TPSA) is 105 Å². The molecule has 0 saturated heterocycles. The maximum Gasteiger partial charge on any atom is 0.509 e. The maximum atomic E-state index is 11.5. The molecule has 0 bridgehead atoms. The van der Waals surface area contributed by atoms with E-state index in [-0.39, 0.29) is 32.0 Å². The van der Waals surface area contributed by atoms with Gasteiger partial charge in [0.25, 0.3) is 0 Å². The molecule has 0 aliphatic rings. The highest BCUT2D eigenvalue weighted by Gasteiger charge is 2.19. The largest absolute Gasteiger partial charge is 0.509 e. The molecule has 0 aliphatic heterocycles. The van der Waals surface area contributed by atoms with E-state index in [4.69, 9.17) is 9.47 Å². The van der Waals surface area contributed by atoms with E-state index in [1.54, 1.807) is 6.92 Å². The average molecular weight is 332 g/mol. The van der Waals surface area contributed by atoms with E-state index in [1.165, 1.54) is 13.8 Å². The summed E-state index contributed by atoms with van der Waals surface area (Å²) in [4.78, 5) is 44.6. The number of esters is 2. The van der Waals surface area contributed by atoms with Gasteiger partial charge in [0.1, 0.15) is 5.78 Å². The molecular formula is C15H24O8. The minimum atomic E-state index is -1.08. The van der Waals surface area contributed by atoms with E-state index in [0.717, 1.165) is 0 Å². The monoisotopic (exact) mass is 332 g/mol. The first kappa shape index (κ1) is 20.9. The Kier molecular flexibility index (Phi) is 11.3. The molecule has 0 rings (SSSR count). The Bertz CT molecular complexity index is 404. The van der Waals surface area contributed by atoms with Crippen LogP contribution in [0.5, 0.6) is 0 Å². The molecule has 0 amide bonds. The Balaban J connectivity index is 3.69. The SMILES string of the molecule is CCOC(=O)OC(C)C(=O)OCCCC(=O)OCCCC(C)=O. The van der Waals surface area contributed by atoms with Crippen molar-refractivity contribution < 1.29 is 38.1 Å². The lowest BCUT2D eigenvalue weighted by molar-refractivity contribution is -0.155. The second-order valence-electron chi connectivity index (χ2n) is 4.74. The van der Waals surface area contributed by atoms with Gasteiger partial charge in [0, 0.05) is 12.8 Å². The van der Waals surface area contributed by atoms with Crippen molar-refractivity contribution in [2.45, 2.75) is 52.6 Å². The van der Waals surface area contributed by atoms with Crippen molar-refractivity contribution in [2.24, 2.45) is 0 Å². The summed E-state index contributed by atoms with van der Waals surface area (Å²) in [6.45, 7) is 4.81. The van der Waals surface area contributed by atoms with Crippen LogP contribution >= 0.6 is 0 Å². The Morgan fingerprint density at radius 3 is 2.13 bits per heavy atom. The van der Waals surface area contributed by atoms with Crippen LogP contribution in [0.4, 0.5) is 4.79 Å². The fraction of sp³-hybridized carbons (Fsp3) is 0.733. The van der Waals surface area contributed by atoms with Crippen molar-refractivity contribution in [1.82, 2.24) is 0 Å². The Morgan fingerprint density at radius 2 is 1.52 bits per heavy atom. The standard InChI is InChI=1S/C15H24O8/c1-4-20-15(19)23-12(3)14(18)22-10-6-8-13(17)21-9-5-7-11(2)16/h12H,4-10H2,1-3H3. The third-order valence-electron chi connectivity index (χ3n) is 2.57. The summed E-state index contributed by atoms with van der Waals surface area (Å²) < 4.78 is 19.0. The molecule has 0 radical (unpaired) electrons. The predicted octanol–water partition coefficient (Wildman–Crippen LogP) is 1.78. The number of carbonyl (C=O) groups is 4. The lowest BCUT2D eigenvalue weighted by Crippen LogP contribution is -2.27. The highest BCUT2D eigenvalue weighted by atomic mass is 16.7. The normalized spacial score (nSPS) is 11.3. The molecule has 8 nitrogen and oxygen atoms in total. The summed E-state index contributed by atoms with van der Waals surface area (Å²) in [6, 6.07) is 0. The highest BCUT2D eigenvalue weighted by Crippen LogP contribution is 2.01. The number of ketones is 1. The first-order valence-electron chi connectivity index (χ1n) is 7.51. The molecule has 0 N–H and O–H groups in total. The summed E-state index contributed by atoms with van der Waals surface area (Å²) in [5.41, 5.74) is 0. The minimum absolute atomic E-state index is 0.0118. The average Bonchev–Trinajstić information content (AvgIpc) is 2.47. The Labute approximate surface area is 135 Å². The second kappa shape index (κ2) is 12.4. The quantitative estimate of drug-likeness (QED) is 0.320. The summed E-state index contributed by atoms with van der Waals surface area (Å²) in [6.07, 6.45) is -0.745. The van der Waals surface area contributed by atoms with Gasteiger partial charge in [-0.25, -0.2) is 9.59 Å². The molecule has 132 valence electrons. The third-order valence-corrected chi connectivity index (χ3v) is 2.57. The zero-order valence-corrected chi connectivity index (χ0v) is 13.8. The highest BCUT2D eigenvalue weighted by molar-refractivity contribution is 5.77. The van der Waals surface area contributed by atoms with Gasteiger partial charge < -0.3 is 23.7 Å². The van der Waals surface area contributed by atoms with Crippen LogP contribution in [-0.4, -0.2) is 49.8 Å². The van der Waals surface area contributed by atoms with Crippen LogP contribution in [0, 0.1) is 0 Å². The number of ether oxygens (including phenoxy) is 4. The van der Waals surface area contributed by atoms with Crippen LogP contribution in [0.3, 0.4) is 0 Å². The van der Waals surface area contributed by atoms with Crippen LogP contribution in [0.2, 0.25) is 0 Å². The van der Waals surface area contributed by atoms with E-state index in [9.17, 15) is 19.2 Å². The van der Waals surface area contributed by atoms with E-state index >= 15 is 0 Å². The van der Waals surface area contributed by atoms with Gasteiger partial charge in [-0.2, -0.15) is 0 Å². The van der Waals surface area contributed by atoms with Crippen molar-refractivity contribution in [3.63, 3.8) is 0 Å². The zero-order valence-electron chi connectivity index (χ0n) is 13.8. The van der Waals surface area contributed by atoms with Gasteiger partial charge in [0.2, 0.25) is 0 Å². The molecule has 23 heavy (non-hydrogen) atoms. The first-order valence-corrected chi connectivity index (χ1v) is 7.51. The van der Waals surface area contributed by atoms with Crippen molar-refractivity contribution >= 4 is 23.9 Å². The summed E-state index contributed by atoms with van der Waals surface area (Å²) >= 11 is 0. The maximum absolute atomic E-state index is 11.5. The van der Waals surface area contributed by atoms with Crippen LogP contribution in [0.1, 0.15) is 46.5 Å². The number of hydrogen-bond donors (Lipinski definition) is 0. The van der Waals surface area contributed by atoms with Crippen molar-refractivity contribution in [3.8, 4) is 0 Å². The summed E-state index contributed by atoms with van der Waals surface area (Å²) in [5, 5.41) is 0. The molecule has 0 aromatic rings. The zero-order chi connectivity index (χ0) is 17.7. The lowest BCUT2D eigenvalue weighted by Gasteiger charge is -2.12. The van der Waals surface area contributed by atoms with Crippen LogP contribution < -0.4 is 0 Å². The smallest absolute Gasteiger partial charge is 0.466 e. The molecule has 0 fully saturated rings. The third kappa shape index (κ3) is 12.1. The molecule has 8 heteroatoms. The number of rotatable bonds is 11. The van der Waals surface area contributed by atoms with Gasteiger partial charge >= 0.3 is 18.1 Å². The minimum Gasteiger partial charge on any atom is -0.466 e. The fourth-order valence-corrected chi connectivity index (χ4v) is 1.43. The van der Waals surface area contributed by atoms with E-state index in [0.29, 0.717) is 19.3 Å². The number of carbonyl (C=O) groups excluding carboxylic acids is 4. The van der Waals surface area contributed by atoms with Gasteiger partial charge in [-0.1, -0.05) is 0 Å². The van der Waals surface area contributed by atoms with Crippen molar-refractivity contribution in [3.05, 3.63) is 0 Å². The van der Waals surface area contributed by atoms with Crippen LogP contribution in [0.15, 0.2) is 0 Å². The summed E-state index contributed by atoms with van der Waals surface area (Å²) in [5.74, 6) is -1.08.